The Bertz CT molecular complexity index is 1190. The van der Waals surface area contributed by atoms with Crippen molar-refractivity contribution in [2.45, 2.75) is 45.8 Å². The van der Waals surface area contributed by atoms with Crippen LogP contribution in [-0.2, 0) is 20.7 Å². The molecule has 2 aliphatic heterocycles. The van der Waals surface area contributed by atoms with E-state index in [-0.39, 0.29) is 18.4 Å². The van der Waals surface area contributed by atoms with E-state index in [9.17, 15) is 9.59 Å². The summed E-state index contributed by atoms with van der Waals surface area (Å²) in [6.07, 6.45) is 2.27. The highest BCUT2D eigenvalue weighted by Crippen LogP contribution is 2.45. The zero-order valence-electron chi connectivity index (χ0n) is 19.8. The molecule has 9 heteroatoms. The molecule has 0 bridgehead atoms. The summed E-state index contributed by atoms with van der Waals surface area (Å²) in [5.74, 6) is -0.530. The maximum atomic E-state index is 13.1. The topological polar surface area (TPSA) is 83.9 Å². The molecular weight excluding hydrogens is 484 g/mol. The van der Waals surface area contributed by atoms with Crippen LogP contribution in [0.1, 0.15) is 44.5 Å². The van der Waals surface area contributed by atoms with Crippen molar-refractivity contribution in [3.8, 4) is 0 Å². The van der Waals surface area contributed by atoms with Gasteiger partial charge in [-0.3, -0.25) is 9.78 Å². The van der Waals surface area contributed by atoms with Crippen LogP contribution in [-0.4, -0.2) is 39.6 Å². The van der Waals surface area contributed by atoms with E-state index in [1.54, 1.807) is 18.3 Å². The zero-order chi connectivity index (χ0) is 24.9. The number of hydrogen-bond donors (Lipinski definition) is 1. The maximum absolute atomic E-state index is 13.1. The number of nitrogens with one attached hydrogen (secondary N) is 1. The molecule has 182 valence electrons. The minimum Gasteiger partial charge on any atom is -0.459 e. The minimum atomic E-state index is -0.478. The molecule has 4 rings (SSSR count). The summed E-state index contributed by atoms with van der Waals surface area (Å²) in [7, 11) is 0. The first kappa shape index (κ1) is 25.0. The highest BCUT2D eigenvalue weighted by molar-refractivity contribution is 8.16. The average molecular weight is 511 g/mol. The molecule has 0 fully saturated rings. The van der Waals surface area contributed by atoms with Crippen LogP contribution in [0, 0.1) is 0 Å². The van der Waals surface area contributed by atoms with E-state index in [1.165, 1.54) is 11.8 Å². The van der Waals surface area contributed by atoms with Gasteiger partial charge in [0.2, 0.25) is 5.91 Å². The van der Waals surface area contributed by atoms with Crippen molar-refractivity contribution in [2.75, 3.05) is 6.54 Å². The molecule has 2 aliphatic rings. The number of hydrogen-bond acceptors (Lipinski definition) is 7. The summed E-state index contributed by atoms with van der Waals surface area (Å²) >= 11 is 7.58. The van der Waals surface area contributed by atoms with Gasteiger partial charge >= 0.3 is 5.97 Å². The van der Waals surface area contributed by atoms with Gasteiger partial charge in [-0.25, -0.2) is 9.79 Å². The number of rotatable bonds is 8. The standard InChI is InChI=1S/C26H27ClN4O3S/c1-16(2)34-25(33)23-17(3)30-26-31(24(23)18-7-9-19(27)10-8-18)21(15-35-26)14-22(32)29-13-11-20-6-4-5-12-28-20/h4-10,12,15-16,24H,11,13-14H2,1-3H3,(H,29,32)/t24-/m1/s1. The van der Waals surface area contributed by atoms with Gasteiger partial charge in [0, 0.05) is 35.6 Å². The summed E-state index contributed by atoms with van der Waals surface area (Å²) in [4.78, 5) is 36.9. The lowest BCUT2D eigenvalue weighted by molar-refractivity contribution is -0.143. The molecule has 1 aromatic carbocycles. The van der Waals surface area contributed by atoms with Crippen molar-refractivity contribution in [3.05, 3.63) is 87.3 Å². The van der Waals surface area contributed by atoms with Crippen molar-refractivity contribution in [1.29, 1.82) is 0 Å². The van der Waals surface area contributed by atoms with Crippen LogP contribution in [0.25, 0.3) is 0 Å². The van der Waals surface area contributed by atoms with Crippen LogP contribution in [0.2, 0.25) is 5.02 Å². The largest absolute Gasteiger partial charge is 0.459 e. The average Bonchev–Trinajstić information content (AvgIpc) is 3.20. The molecule has 35 heavy (non-hydrogen) atoms. The summed E-state index contributed by atoms with van der Waals surface area (Å²) in [5.41, 5.74) is 3.61. The monoisotopic (exact) mass is 510 g/mol. The molecule has 1 atom stereocenters. The van der Waals surface area contributed by atoms with Gasteiger partial charge in [-0.15, -0.1) is 0 Å². The number of halogens is 1. The van der Waals surface area contributed by atoms with Gasteiger partial charge in [0.15, 0.2) is 5.17 Å². The fourth-order valence-corrected chi connectivity index (χ4v) is 5.06. The number of carbonyl (C=O) groups is 2. The minimum absolute atomic E-state index is 0.110. The quantitative estimate of drug-likeness (QED) is 0.502. The van der Waals surface area contributed by atoms with Crippen molar-refractivity contribution < 1.29 is 14.3 Å². The maximum Gasteiger partial charge on any atom is 0.338 e. The number of esters is 1. The van der Waals surface area contributed by atoms with Gasteiger partial charge in [0.25, 0.3) is 0 Å². The van der Waals surface area contributed by atoms with Gasteiger partial charge in [0.05, 0.1) is 29.8 Å². The fraction of sp³-hybridized carbons (Fsp3) is 0.308. The highest BCUT2D eigenvalue weighted by atomic mass is 35.5. The molecule has 3 heterocycles. The van der Waals surface area contributed by atoms with E-state index in [2.05, 4.69) is 15.3 Å². The first-order chi connectivity index (χ1) is 16.8. The van der Waals surface area contributed by atoms with Crippen LogP contribution < -0.4 is 5.32 Å². The Labute approximate surface area is 214 Å². The third-order valence-corrected chi connectivity index (χ3v) is 6.66. The lowest BCUT2D eigenvalue weighted by atomic mass is 9.94. The predicted molar refractivity (Wildman–Crippen MR) is 139 cm³/mol. The van der Waals surface area contributed by atoms with Gasteiger partial charge in [-0.2, -0.15) is 0 Å². The lowest BCUT2D eigenvalue weighted by Crippen LogP contribution is -2.38. The normalized spacial score (nSPS) is 17.2. The number of amides is 1. The Kier molecular flexibility index (Phi) is 7.93. The molecule has 1 N–H and O–H groups in total. The van der Waals surface area contributed by atoms with E-state index < -0.39 is 12.0 Å². The number of allylic oxidation sites excluding steroid dienone is 1. The van der Waals surface area contributed by atoms with E-state index in [0.717, 1.165) is 22.1 Å². The van der Waals surface area contributed by atoms with E-state index in [0.29, 0.717) is 29.3 Å². The van der Waals surface area contributed by atoms with Gasteiger partial charge in [-0.05, 0) is 56.0 Å². The van der Waals surface area contributed by atoms with Crippen molar-refractivity contribution >= 4 is 40.4 Å². The summed E-state index contributed by atoms with van der Waals surface area (Å²) in [5, 5.41) is 6.21. The zero-order valence-corrected chi connectivity index (χ0v) is 21.4. The molecular formula is C26H27ClN4O3S. The molecule has 7 nitrogen and oxygen atoms in total. The van der Waals surface area contributed by atoms with Crippen molar-refractivity contribution in [1.82, 2.24) is 15.2 Å². The van der Waals surface area contributed by atoms with Crippen LogP contribution in [0.4, 0.5) is 0 Å². The molecule has 0 unspecified atom stereocenters. The second-order valence-electron chi connectivity index (χ2n) is 8.50. The molecule has 0 aliphatic carbocycles. The number of pyridine rings is 1. The number of nitrogens with zero attached hydrogens (tertiary/aromatic N) is 3. The number of aliphatic imine (C=N–C) groups is 1. The van der Waals surface area contributed by atoms with Gasteiger partial charge < -0.3 is 15.0 Å². The third-order valence-electron chi connectivity index (χ3n) is 5.52. The Balaban J connectivity index is 1.55. The first-order valence-corrected chi connectivity index (χ1v) is 12.7. The van der Waals surface area contributed by atoms with Crippen LogP contribution in [0.15, 0.2) is 76.0 Å². The van der Waals surface area contributed by atoms with Crippen LogP contribution in [0.5, 0.6) is 0 Å². The van der Waals surface area contributed by atoms with Gasteiger partial charge in [-0.1, -0.05) is 41.6 Å². The summed E-state index contributed by atoms with van der Waals surface area (Å²) in [6, 6.07) is 12.6. The fourth-order valence-electron chi connectivity index (χ4n) is 3.97. The van der Waals surface area contributed by atoms with Gasteiger partial charge in [0.1, 0.15) is 0 Å². The predicted octanol–water partition coefficient (Wildman–Crippen LogP) is 5.01. The molecule has 0 radical (unpaired) electrons. The Morgan fingerprint density at radius 1 is 1.20 bits per heavy atom. The number of ether oxygens (including phenoxy) is 1. The molecule has 0 spiro atoms. The Morgan fingerprint density at radius 3 is 2.66 bits per heavy atom. The van der Waals surface area contributed by atoms with Crippen LogP contribution in [0.3, 0.4) is 0 Å². The molecule has 1 amide bonds. The SMILES string of the molecule is CC1=C(C(=O)OC(C)C)[C@@H](c2ccc(Cl)cc2)N2C(CC(=O)NCCc3ccccn3)=CSC2=N1. The van der Waals surface area contributed by atoms with E-state index >= 15 is 0 Å². The van der Waals surface area contributed by atoms with Crippen LogP contribution >= 0.6 is 23.4 Å². The van der Waals surface area contributed by atoms with Crippen molar-refractivity contribution in [3.63, 3.8) is 0 Å². The number of carbonyl (C=O) groups excluding carboxylic acids is 2. The smallest absolute Gasteiger partial charge is 0.338 e. The van der Waals surface area contributed by atoms with E-state index in [4.69, 9.17) is 16.3 Å². The molecule has 1 aromatic heterocycles. The number of aromatic nitrogens is 1. The highest BCUT2D eigenvalue weighted by Gasteiger charge is 2.41. The number of thioether (sulfide) groups is 1. The second kappa shape index (κ2) is 11.1. The second-order valence-corrected chi connectivity index (χ2v) is 9.77. The first-order valence-electron chi connectivity index (χ1n) is 11.4. The Morgan fingerprint density at radius 2 is 1.97 bits per heavy atom. The number of benzene rings is 1. The molecule has 0 saturated carbocycles. The summed E-state index contributed by atoms with van der Waals surface area (Å²) in [6.45, 7) is 5.93. The van der Waals surface area contributed by atoms with Crippen molar-refractivity contribution in [2.24, 2.45) is 4.99 Å². The molecule has 0 saturated heterocycles. The molecule has 2 aromatic rings. The lowest BCUT2D eigenvalue weighted by Gasteiger charge is -2.36. The number of fused-ring (bicyclic) bond motifs is 1. The third kappa shape index (κ3) is 5.94. The summed E-state index contributed by atoms with van der Waals surface area (Å²) < 4.78 is 5.57. The Hall–Kier alpha value is -3.10. The number of amidine groups is 1. The van der Waals surface area contributed by atoms with E-state index in [1.807, 2.05) is 61.4 Å².